The van der Waals surface area contributed by atoms with Gasteiger partial charge >= 0.3 is 0 Å². The van der Waals surface area contributed by atoms with E-state index in [9.17, 15) is 4.79 Å². The van der Waals surface area contributed by atoms with E-state index < -0.39 is 0 Å². The highest BCUT2D eigenvalue weighted by Crippen LogP contribution is 2.46. The lowest BCUT2D eigenvalue weighted by Crippen LogP contribution is -2.72. The highest BCUT2D eigenvalue weighted by Gasteiger charge is 2.53. The molecule has 3 rings (SSSR count). The summed E-state index contributed by atoms with van der Waals surface area (Å²) in [5.41, 5.74) is 2.56. The number of carbonyl (C=O) groups excluding carboxylic acids is 1. The molecular weight excluding hydrogens is 427 g/mol. The lowest BCUT2D eigenvalue weighted by Gasteiger charge is -2.62. The van der Waals surface area contributed by atoms with Crippen molar-refractivity contribution in [3.05, 3.63) is 29.8 Å². The van der Waals surface area contributed by atoms with E-state index in [1.54, 1.807) is 7.05 Å². The first-order chi connectivity index (χ1) is 11.3. The number of likely N-dealkylation sites (tertiary alicyclic amines) is 1. The summed E-state index contributed by atoms with van der Waals surface area (Å²) in [4.78, 5) is 21.1. The van der Waals surface area contributed by atoms with E-state index in [2.05, 4.69) is 49.0 Å². The molecule has 0 aliphatic carbocycles. The molecule has 2 aliphatic heterocycles. The van der Waals surface area contributed by atoms with Gasteiger partial charge in [0, 0.05) is 36.8 Å². The van der Waals surface area contributed by atoms with Gasteiger partial charge in [-0.15, -0.1) is 24.0 Å². The molecule has 0 saturated carbocycles. The van der Waals surface area contributed by atoms with Crippen molar-refractivity contribution in [3.8, 4) is 0 Å². The van der Waals surface area contributed by atoms with Gasteiger partial charge in [-0.2, -0.15) is 0 Å². The van der Waals surface area contributed by atoms with Gasteiger partial charge < -0.3 is 15.1 Å². The van der Waals surface area contributed by atoms with Gasteiger partial charge in [0.25, 0.3) is 0 Å². The predicted octanol–water partition coefficient (Wildman–Crippen LogP) is 2.89. The SMILES string of the molecule is CN=C(NCC(=O)N1CCc2ccccc21)N1CC(C)(C)C1(C)C.I. The molecule has 1 saturated heterocycles. The molecule has 1 aromatic rings. The molecule has 1 fully saturated rings. The molecular formula is C19H29IN4O. The van der Waals surface area contributed by atoms with Crippen molar-refractivity contribution in [2.24, 2.45) is 10.4 Å². The van der Waals surface area contributed by atoms with Crippen molar-refractivity contribution in [2.75, 3.05) is 31.6 Å². The van der Waals surface area contributed by atoms with E-state index in [-0.39, 0.29) is 47.4 Å². The number of rotatable bonds is 2. The van der Waals surface area contributed by atoms with Crippen LogP contribution in [0.4, 0.5) is 5.69 Å². The number of nitrogens with one attached hydrogen (secondary N) is 1. The first-order valence-electron chi connectivity index (χ1n) is 8.64. The zero-order valence-corrected chi connectivity index (χ0v) is 18.1. The van der Waals surface area contributed by atoms with Crippen molar-refractivity contribution in [3.63, 3.8) is 0 Å². The smallest absolute Gasteiger partial charge is 0.246 e. The first kappa shape index (κ1) is 20.0. The zero-order chi connectivity index (χ0) is 17.5. The van der Waals surface area contributed by atoms with Crippen molar-refractivity contribution in [1.82, 2.24) is 10.2 Å². The summed E-state index contributed by atoms with van der Waals surface area (Å²) in [6, 6.07) is 8.14. The van der Waals surface area contributed by atoms with Crippen LogP contribution in [0.15, 0.2) is 29.3 Å². The summed E-state index contributed by atoms with van der Waals surface area (Å²) in [6.07, 6.45) is 0.935. The number of carbonyl (C=O) groups is 1. The first-order valence-corrected chi connectivity index (χ1v) is 8.64. The Morgan fingerprint density at radius 3 is 2.52 bits per heavy atom. The topological polar surface area (TPSA) is 47.9 Å². The number of aliphatic imine (C=N–C) groups is 1. The third kappa shape index (κ3) is 3.37. The Balaban J connectivity index is 0.00000225. The van der Waals surface area contributed by atoms with Gasteiger partial charge in [-0.1, -0.05) is 32.0 Å². The molecule has 0 radical (unpaired) electrons. The summed E-state index contributed by atoms with van der Waals surface area (Å²) >= 11 is 0. The molecule has 138 valence electrons. The highest BCUT2D eigenvalue weighted by molar-refractivity contribution is 14.0. The summed E-state index contributed by atoms with van der Waals surface area (Å²) < 4.78 is 0. The molecule has 6 heteroatoms. The fourth-order valence-corrected chi connectivity index (χ4v) is 3.54. The Morgan fingerprint density at radius 1 is 1.24 bits per heavy atom. The maximum absolute atomic E-state index is 12.6. The van der Waals surface area contributed by atoms with E-state index in [4.69, 9.17) is 0 Å². The van der Waals surface area contributed by atoms with Gasteiger partial charge in [-0.3, -0.25) is 9.79 Å². The van der Waals surface area contributed by atoms with Crippen LogP contribution in [0.2, 0.25) is 0 Å². The zero-order valence-electron chi connectivity index (χ0n) is 15.8. The van der Waals surface area contributed by atoms with Gasteiger partial charge in [-0.25, -0.2) is 0 Å². The molecule has 0 aromatic heterocycles. The van der Waals surface area contributed by atoms with Gasteiger partial charge in [0.05, 0.1) is 6.54 Å². The van der Waals surface area contributed by atoms with E-state index >= 15 is 0 Å². The van der Waals surface area contributed by atoms with Crippen LogP contribution in [0.1, 0.15) is 33.3 Å². The Kier molecular flexibility index (Phi) is 5.71. The van der Waals surface area contributed by atoms with E-state index in [1.807, 2.05) is 23.1 Å². The van der Waals surface area contributed by atoms with E-state index in [0.29, 0.717) is 0 Å². The molecule has 25 heavy (non-hydrogen) atoms. The molecule has 2 heterocycles. The Bertz CT molecular complexity index is 684. The fraction of sp³-hybridized carbons (Fsp3) is 0.579. The summed E-state index contributed by atoms with van der Waals surface area (Å²) in [6.45, 7) is 11.0. The van der Waals surface area contributed by atoms with Crippen LogP contribution in [0, 0.1) is 5.41 Å². The van der Waals surface area contributed by atoms with Gasteiger partial charge in [-0.05, 0) is 31.9 Å². The molecule has 0 atom stereocenters. The number of benzene rings is 1. The van der Waals surface area contributed by atoms with Crippen LogP contribution in [0.25, 0.3) is 0 Å². The van der Waals surface area contributed by atoms with E-state index in [0.717, 1.165) is 31.2 Å². The second kappa shape index (κ2) is 7.13. The number of halogens is 1. The average molecular weight is 456 g/mol. The number of para-hydroxylation sites is 1. The Hall–Kier alpha value is -1.31. The monoisotopic (exact) mass is 456 g/mol. The van der Waals surface area contributed by atoms with Crippen LogP contribution < -0.4 is 10.2 Å². The third-order valence-corrected chi connectivity index (χ3v) is 5.94. The lowest BCUT2D eigenvalue weighted by molar-refractivity contribution is -0.117. The normalized spacial score (nSPS) is 20.4. The molecule has 1 aromatic carbocycles. The van der Waals surface area contributed by atoms with Crippen LogP contribution >= 0.6 is 24.0 Å². The van der Waals surface area contributed by atoms with Gasteiger partial charge in [0.2, 0.25) is 5.91 Å². The number of hydrogen-bond donors (Lipinski definition) is 1. The number of hydrogen-bond acceptors (Lipinski definition) is 2. The standard InChI is InChI=1S/C19H28N4O.HI/c1-18(2)13-23(19(18,3)4)17(20-5)21-12-16(24)22-11-10-14-8-6-7-9-15(14)22;/h6-9H,10-13H2,1-5H3,(H,20,21);1H. The van der Waals surface area contributed by atoms with Gasteiger partial charge in [0.15, 0.2) is 5.96 Å². The highest BCUT2D eigenvalue weighted by atomic mass is 127. The van der Waals surface area contributed by atoms with E-state index in [1.165, 1.54) is 5.56 Å². The number of amides is 1. The minimum atomic E-state index is 0. The maximum Gasteiger partial charge on any atom is 0.246 e. The lowest BCUT2D eigenvalue weighted by atomic mass is 9.65. The molecule has 5 nitrogen and oxygen atoms in total. The third-order valence-electron chi connectivity index (χ3n) is 5.94. The summed E-state index contributed by atoms with van der Waals surface area (Å²) in [5.74, 6) is 0.902. The second-order valence-electron chi connectivity index (χ2n) is 7.85. The molecule has 1 N–H and O–H groups in total. The summed E-state index contributed by atoms with van der Waals surface area (Å²) in [7, 11) is 1.78. The second-order valence-corrected chi connectivity index (χ2v) is 7.85. The quantitative estimate of drug-likeness (QED) is 0.423. The number of anilines is 1. The Labute approximate surface area is 167 Å². The van der Waals surface area contributed by atoms with Crippen LogP contribution in [-0.2, 0) is 11.2 Å². The van der Waals surface area contributed by atoms with Crippen molar-refractivity contribution in [1.29, 1.82) is 0 Å². The van der Waals surface area contributed by atoms with Crippen LogP contribution in [0.3, 0.4) is 0 Å². The predicted molar refractivity (Wildman–Crippen MR) is 114 cm³/mol. The average Bonchev–Trinajstić information content (AvgIpc) is 2.98. The van der Waals surface area contributed by atoms with Crippen LogP contribution in [0.5, 0.6) is 0 Å². The fourth-order valence-electron chi connectivity index (χ4n) is 3.54. The Morgan fingerprint density at radius 2 is 1.92 bits per heavy atom. The minimum Gasteiger partial charge on any atom is -0.347 e. The molecule has 1 amide bonds. The molecule has 0 spiro atoms. The van der Waals surface area contributed by atoms with Crippen molar-refractivity contribution >= 4 is 41.5 Å². The minimum absolute atomic E-state index is 0. The molecule has 2 aliphatic rings. The van der Waals surface area contributed by atoms with Crippen molar-refractivity contribution in [2.45, 2.75) is 39.7 Å². The number of nitrogens with zero attached hydrogens (tertiary/aromatic N) is 3. The van der Waals surface area contributed by atoms with Gasteiger partial charge in [0.1, 0.15) is 0 Å². The molecule has 0 unspecified atom stereocenters. The van der Waals surface area contributed by atoms with Crippen molar-refractivity contribution < 1.29 is 4.79 Å². The number of fused-ring (bicyclic) bond motifs is 1. The largest absolute Gasteiger partial charge is 0.347 e. The summed E-state index contributed by atoms with van der Waals surface area (Å²) in [5, 5.41) is 3.26. The molecule has 0 bridgehead atoms. The maximum atomic E-state index is 12.6. The van der Waals surface area contributed by atoms with Crippen LogP contribution in [-0.4, -0.2) is 49.0 Å². The number of guanidine groups is 1.